The molecule has 2 N–H and O–H groups in total. The first kappa shape index (κ1) is 16.2. The van der Waals surface area contributed by atoms with Gasteiger partial charge >= 0.3 is 0 Å². The van der Waals surface area contributed by atoms with Gasteiger partial charge < -0.3 is 5.73 Å². The molecule has 2 unspecified atom stereocenters. The van der Waals surface area contributed by atoms with Gasteiger partial charge in [0.1, 0.15) is 5.69 Å². The van der Waals surface area contributed by atoms with Crippen molar-refractivity contribution in [2.24, 2.45) is 11.7 Å². The highest BCUT2D eigenvalue weighted by molar-refractivity contribution is 6.33. The van der Waals surface area contributed by atoms with Crippen LogP contribution in [0.5, 0.6) is 0 Å². The number of ketones is 1. The third-order valence-electron chi connectivity index (χ3n) is 3.21. The molecular weight excluding hydrogens is 262 g/mol. The molecule has 1 aromatic heterocycles. The van der Waals surface area contributed by atoms with E-state index >= 15 is 0 Å². The summed E-state index contributed by atoms with van der Waals surface area (Å²) in [5.74, 6) is 0.0455. The molecule has 1 heterocycles. The molecule has 0 saturated heterocycles. The molecule has 0 aromatic carbocycles. The average Bonchev–Trinajstić information content (AvgIpc) is 2.69. The number of nitrogens with zero attached hydrogens (tertiary/aromatic N) is 2. The van der Waals surface area contributed by atoms with Crippen LogP contribution in [0.4, 0.5) is 0 Å². The van der Waals surface area contributed by atoms with Gasteiger partial charge in [-0.15, -0.1) is 0 Å². The number of nitrogens with two attached hydrogens (primary N) is 1. The van der Waals surface area contributed by atoms with Crippen molar-refractivity contribution in [3.63, 3.8) is 0 Å². The second kappa shape index (κ2) is 7.65. The van der Waals surface area contributed by atoms with Gasteiger partial charge in [-0.1, -0.05) is 31.9 Å². The lowest BCUT2D eigenvalue weighted by atomic mass is 9.96. The molecule has 1 aromatic rings. The van der Waals surface area contributed by atoms with Crippen LogP contribution in [0.15, 0.2) is 6.20 Å². The number of Topliss-reactive ketones (excluding diaryl/α,β-unsaturated/α-hetero) is 1. The van der Waals surface area contributed by atoms with Crippen LogP contribution >= 0.6 is 11.6 Å². The van der Waals surface area contributed by atoms with E-state index in [0.717, 1.165) is 32.2 Å². The minimum atomic E-state index is -0.0384. The standard InChI is InChI=1S/C14H24ClN3O/c1-4-8-18-13(12(15)9-17-18)14(19)10(2)6-5-7-11(3)16/h9-11H,4-8,16H2,1-3H3. The van der Waals surface area contributed by atoms with Crippen LogP contribution in [0.2, 0.25) is 5.02 Å². The van der Waals surface area contributed by atoms with E-state index in [1.54, 1.807) is 10.9 Å². The van der Waals surface area contributed by atoms with Gasteiger partial charge in [0.15, 0.2) is 5.78 Å². The first-order chi connectivity index (χ1) is 8.97. The predicted molar refractivity (Wildman–Crippen MR) is 78.5 cm³/mol. The smallest absolute Gasteiger partial charge is 0.185 e. The van der Waals surface area contributed by atoms with Crippen LogP contribution in [-0.4, -0.2) is 21.6 Å². The molecule has 0 aliphatic heterocycles. The third kappa shape index (κ3) is 4.62. The van der Waals surface area contributed by atoms with Gasteiger partial charge in [0, 0.05) is 18.5 Å². The Balaban J connectivity index is 2.68. The quantitative estimate of drug-likeness (QED) is 0.746. The van der Waals surface area contributed by atoms with Crippen molar-refractivity contribution >= 4 is 17.4 Å². The normalized spacial score (nSPS) is 14.4. The fourth-order valence-electron chi connectivity index (χ4n) is 2.10. The van der Waals surface area contributed by atoms with Gasteiger partial charge in [-0.2, -0.15) is 5.10 Å². The van der Waals surface area contributed by atoms with Crippen molar-refractivity contribution in [2.75, 3.05) is 0 Å². The molecule has 108 valence electrons. The molecule has 0 radical (unpaired) electrons. The van der Waals surface area contributed by atoms with Gasteiger partial charge in [-0.25, -0.2) is 0 Å². The number of halogens is 1. The highest BCUT2D eigenvalue weighted by Gasteiger charge is 2.22. The van der Waals surface area contributed by atoms with Crippen LogP contribution in [0, 0.1) is 5.92 Å². The summed E-state index contributed by atoms with van der Waals surface area (Å²) in [5.41, 5.74) is 6.27. The van der Waals surface area contributed by atoms with Crippen molar-refractivity contribution < 1.29 is 4.79 Å². The summed E-state index contributed by atoms with van der Waals surface area (Å²) in [4.78, 5) is 12.4. The lowest BCUT2D eigenvalue weighted by molar-refractivity contribution is 0.0911. The summed E-state index contributed by atoms with van der Waals surface area (Å²) in [6, 6.07) is 0.191. The minimum Gasteiger partial charge on any atom is -0.328 e. The molecule has 0 aliphatic carbocycles. The van der Waals surface area contributed by atoms with E-state index in [1.807, 2.05) is 13.8 Å². The molecule has 0 aliphatic rings. The van der Waals surface area contributed by atoms with Gasteiger partial charge in [0.25, 0.3) is 0 Å². The first-order valence-corrected chi connectivity index (χ1v) is 7.36. The highest BCUT2D eigenvalue weighted by atomic mass is 35.5. The minimum absolute atomic E-state index is 0.0384. The second-order valence-corrected chi connectivity index (χ2v) is 5.64. The highest BCUT2D eigenvalue weighted by Crippen LogP contribution is 2.22. The topological polar surface area (TPSA) is 60.9 Å². The maximum absolute atomic E-state index is 12.4. The van der Waals surface area contributed by atoms with E-state index < -0.39 is 0 Å². The fourth-order valence-corrected chi connectivity index (χ4v) is 2.33. The SMILES string of the molecule is CCCn1ncc(Cl)c1C(=O)C(C)CCCC(C)N. The maximum Gasteiger partial charge on any atom is 0.185 e. The summed E-state index contributed by atoms with van der Waals surface area (Å²) in [6.07, 6.45) is 5.23. The summed E-state index contributed by atoms with van der Waals surface area (Å²) in [5, 5.41) is 4.62. The number of hydrogen-bond acceptors (Lipinski definition) is 3. The summed E-state index contributed by atoms with van der Waals surface area (Å²) >= 11 is 6.08. The zero-order valence-corrected chi connectivity index (χ0v) is 12.8. The maximum atomic E-state index is 12.4. The van der Waals surface area contributed by atoms with Crippen molar-refractivity contribution in [1.82, 2.24) is 9.78 Å². The Bertz CT molecular complexity index is 415. The average molecular weight is 286 g/mol. The predicted octanol–water partition coefficient (Wildman–Crippen LogP) is 3.28. The Morgan fingerprint density at radius 1 is 1.47 bits per heavy atom. The van der Waals surface area contributed by atoms with Crippen LogP contribution in [0.1, 0.15) is 56.9 Å². The van der Waals surface area contributed by atoms with Crippen molar-refractivity contribution in [1.29, 1.82) is 0 Å². The zero-order chi connectivity index (χ0) is 14.4. The number of carbonyl (C=O) groups excluding carboxylic acids is 1. The molecule has 19 heavy (non-hydrogen) atoms. The molecule has 4 nitrogen and oxygen atoms in total. The Labute approximate surface area is 120 Å². The largest absolute Gasteiger partial charge is 0.328 e. The molecule has 0 amide bonds. The van der Waals surface area contributed by atoms with Gasteiger partial charge in [0.2, 0.25) is 0 Å². The van der Waals surface area contributed by atoms with E-state index in [9.17, 15) is 4.79 Å². The van der Waals surface area contributed by atoms with Gasteiger partial charge in [-0.05, 0) is 26.2 Å². The van der Waals surface area contributed by atoms with Gasteiger partial charge in [-0.3, -0.25) is 9.48 Å². The van der Waals surface area contributed by atoms with E-state index in [0.29, 0.717) is 10.7 Å². The lowest BCUT2D eigenvalue weighted by Crippen LogP contribution is -2.19. The van der Waals surface area contributed by atoms with Crippen LogP contribution < -0.4 is 5.73 Å². The molecule has 1 rings (SSSR count). The Morgan fingerprint density at radius 2 is 2.16 bits per heavy atom. The van der Waals surface area contributed by atoms with Crippen molar-refractivity contribution in [3.8, 4) is 0 Å². The second-order valence-electron chi connectivity index (χ2n) is 5.24. The van der Waals surface area contributed by atoms with Crippen LogP contribution in [0.25, 0.3) is 0 Å². The number of hydrogen-bond donors (Lipinski definition) is 1. The molecular formula is C14H24ClN3O. The van der Waals surface area contributed by atoms with E-state index in [2.05, 4.69) is 12.0 Å². The van der Waals surface area contributed by atoms with E-state index in [1.165, 1.54) is 0 Å². The molecule has 0 bridgehead atoms. The number of aryl methyl sites for hydroxylation is 1. The molecule has 5 heteroatoms. The van der Waals surface area contributed by atoms with E-state index in [4.69, 9.17) is 17.3 Å². The van der Waals surface area contributed by atoms with Crippen molar-refractivity contribution in [3.05, 3.63) is 16.9 Å². The number of rotatable bonds is 8. The Kier molecular flexibility index (Phi) is 6.52. The summed E-state index contributed by atoms with van der Waals surface area (Å²) in [6.45, 7) is 6.71. The zero-order valence-electron chi connectivity index (χ0n) is 12.0. The van der Waals surface area contributed by atoms with Gasteiger partial charge in [0.05, 0.1) is 11.2 Å². The monoisotopic (exact) mass is 285 g/mol. The number of carbonyl (C=O) groups is 1. The van der Waals surface area contributed by atoms with E-state index in [-0.39, 0.29) is 17.7 Å². The number of aromatic nitrogens is 2. The summed E-state index contributed by atoms with van der Waals surface area (Å²) in [7, 11) is 0. The summed E-state index contributed by atoms with van der Waals surface area (Å²) < 4.78 is 1.72. The Hall–Kier alpha value is -0.870. The van der Waals surface area contributed by atoms with Crippen LogP contribution in [-0.2, 0) is 6.54 Å². The molecule has 0 saturated carbocycles. The third-order valence-corrected chi connectivity index (χ3v) is 3.48. The lowest BCUT2D eigenvalue weighted by Gasteiger charge is -2.13. The molecule has 0 fully saturated rings. The molecule has 2 atom stereocenters. The Morgan fingerprint density at radius 3 is 2.74 bits per heavy atom. The fraction of sp³-hybridized carbons (Fsp3) is 0.714. The first-order valence-electron chi connectivity index (χ1n) is 6.98. The van der Waals surface area contributed by atoms with Crippen molar-refractivity contribution in [2.45, 2.75) is 59.0 Å². The van der Waals surface area contributed by atoms with Crippen LogP contribution in [0.3, 0.4) is 0 Å². The molecule has 0 spiro atoms.